The minimum atomic E-state index is -0.716. The molecule has 0 unspecified atom stereocenters. The molecular formula is C10H9N3O4. The zero-order chi connectivity index (χ0) is 12.4. The number of hydrogen-bond donors (Lipinski definition) is 4. The number of amides is 3. The fraction of sp³-hybridized carbons (Fsp3) is 0.100. The Balaban J connectivity index is 2.46. The predicted molar refractivity (Wildman–Crippen MR) is 56.7 cm³/mol. The van der Waals surface area contributed by atoms with Crippen LogP contribution in [0.5, 0.6) is 0 Å². The number of benzene rings is 1. The summed E-state index contributed by atoms with van der Waals surface area (Å²) in [6.07, 6.45) is 0. The Labute approximate surface area is 95.8 Å². The van der Waals surface area contributed by atoms with E-state index in [0.29, 0.717) is 0 Å². The first-order valence-electron chi connectivity index (χ1n) is 4.78. The molecule has 88 valence electrons. The van der Waals surface area contributed by atoms with Crippen LogP contribution in [0.3, 0.4) is 0 Å². The van der Waals surface area contributed by atoms with Gasteiger partial charge in [0.1, 0.15) is 0 Å². The molecule has 1 aromatic carbocycles. The Morgan fingerprint density at radius 3 is 2.82 bits per heavy atom. The summed E-state index contributed by atoms with van der Waals surface area (Å²) < 4.78 is 0. The van der Waals surface area contributed by atoms with Crippen molar-refractivity contribution < 1.29 is 19.6 Å². The van der Waals surface area contributed by atoms with Gasteiger partial charge in [0.25, 0.3) is 11.8 Å². The van der Waals surface area contributed by atoms with Gasteiger partial charge in [0.15, 0.2) is 0 Å². The van der Waals surface area contributed by atoms with Gasteiger partial charge in [0.05, 0.1) is 17.8 Å². The van der Waals surface area contributed by atoms with E-state index in [1.54, 1.807) is 0 Å². The van der Waals surface area contributed by atoms with Crippen LogP contribution in [-0.2, 0) is 4.79 Å². The van der Waals surface area contributed by atoms with Crippen molar-refractivity contribution in [2.24, 2.45) is 0 Å². The summed E-state index contributed by atoms with van der Waals surface area (Å²) in [4.78, 5) is 34.0. The molecule has 0 atom stereocenters. The third kappa shape index (κ3) is 2.08. The van der Waals surface area contributed by atoms with Crippen molar-refractivity contribution in [3.8, 4) is 0 Å². The van der Waals surface area contributed by atoms with Crippen LogP contribution in [0.15, 0.2) is 18.2 Å². The molecule has 1 aliphatic rings. The molecule has 0 spiro atoms. The van der Waals surface area contributed by atoms with E-state index in [4.69, 9.17) is 5.21 Å². The van der Waals surface area contributed by atoms with E-state index in [9.17, 15) is 14.4 Å². The molecule has 0 fully saturated rings. The topological polar surface area (TPSA) is 108 Å². The van der Waals surface area contributed by atoms with Crippen LogP contribution in [0.25, 0.3) is 0 Å². The number of hydroxylamine groups is 1. The molecule has 4 N–H and O–H groups in total. The van der Waals surface area contributed by atoms with Crippen LogP contribution in [0.1, 0.15) is 20.7 Å². The van der Waals surface area contributed by atoms with E-state index in [1.807, 2.05) is 0 Å². The third-order valence-corrected chi connectivity index (χ3v) is 2.31. The summed E-state index contributed by atoms with van der Waals surface area (Å²) in [6, 6.07) is 4.10. The second-order valence-corrected chi connectivity index (χ2v) is 3.43. The summed E-state index contributed by atoms with van der Waals surface area (Å²) >= 11 is 0. The van der Waals surface area contributed by atoms with Crippen molar-refractivity contribution in [3.63, 3.8) is 0 Å². The van der Waals surface area contributed by atoms with E-state index >= 15 is 0 Å². The van der Waals surface area contributed by atoms with Gasteiger partial charge in [-0.1, -0.05) is 0 Å². The van der Waals surface area contributed by atoms with Gasteiger partial charge in [0, 0.05) is 5.56 Å². The fourth-order valence-electron chi connectivity index (χ4n) is 1.50. The van der Waals surface area contributed by atoms with Gasteiger partial charge in [-0.3, -0.25) is 19.6 Å². The number of hydrogen-bond acceptors (Lipinski definition) is 4. The molecule has 1 aromatic rings. The number of carbonyl (C=O) groups is 3. The Hall–Kier alpha value is -2.41. The highest BCUT2D eigenvalue weighted by Crippen LogP contribution is 2.19. The number of rotatable bonds is 1. The van der Waals surface area contributed by atoms with Crippen LogP contribution >= 0.6 is 0 Å². The second kappa shape index (κ2) is 4.22. The quantitative estimate of drug-likeness (QED) is 0.388. The predicted octanol–water partition coefficient (Wildman–Crippen LogP) is -0.513. The normalized spacial score (nSPS) is 14.2. The van der Waals surface area contributed by atoms with Crippen LogP contribution < -0.4 is 16.1 Å². The van der Waals surface area contributed by atoms with Crippen LogP contribution in [-0.4, -0.2) is 29.5 Å². The Kier molecular flexibility index (Phi) is 2.75. The maximum absolute atomic E-state index is 11.5. The fourth-order valence-corrected chi connectivity index (χ4v) is 1.50. The minimum Gasteiger partial charge on any atom is -0.343 e. The lowest BCUT2D eigenvalue weighted by Gasteiger charge is -2.06. The van der Waals surface area contributed by atoms with E-state index < -0.39 is 11.8 Å². The first-order chi connectivity index (χ1) is 8.11. The number of carbonyl (C=O) groups excluding carboxylic acids is 3. The maximum atomic E-state index is 11.5. The van der Waals surface area contributed by atoms with E-state index in [0.717, 1.165) is 0 Å². The molecule has 0 radical (unpaired) electrons. The summed E-state index contributed by atoms with van der Waals surface area (Å²) in [7, 11) is 0. The molecule has 1 aliphatic heterocycles. The molecule has 3 amide bonds. The lowest BCUT2D eigenvalue weighted by Crippen LogP contribution is -2.28. The molecular weight excluding hydrogens is 226 g/mol. The van der Waals surface area contributed by atoms with E-state index in [1.165, 1.54) is 23.7 Å². The smallest absolute Gasteiger partial charge is 0.274 e. The highest BCUT2D eigenvalue weighted by Gasteiger charge is 2.20. The second-order valence-electron chi connectivity index (χ2n) is 3.43. The highest BCUT2D eigenvalue weighted by atomic mass is 16.5. The van der Waals surface area contributed by atoms with Gasteiger partial charge in [-0.15, -0.1) is 0 Å². The van der Waals surface area contributed by atoms with Crippen molar-refractivity contribution in [2.75, 3.05) is 11.9 Å². The van der Waals surface area contributed by atoms with Crippen molar-refractivity contribution in [1.82, 2.24) is 10.8 Å². The number of anilines is 1. The first kappa shape index (κ1) is 11.1. The molecule has 1 heterocycles. The lowest BCUT2D eigenvalue weighted by atomic mass is 10.1. The van der Waals surface area contributed by atoms with Crippen molar-refractivity contribution in [3.05, 3.63) is 29.3 Å². The van der Waals surface area contributed by atoms with Gasteiger partial charge in [-0.05, 0) is 18.2 Å². The molecule has 0 aromatic heterocycles. The Morgan fingerprint density at radius 2 is 2.12 bits per heavy atom. The Morgan fingerprint density at radius 1 is 1.35 bits per heavy atom. The standard InChI is InChI=1S/C10H9N3O4/c14-8-4-11-10(16)6-2-1-5(9(15)13-17)3-7(6)12-8/h1-3,17H,4H2,(H,11,16)(H,12,14)(H,13,15). The van der Waals surface area contributed by atoms with Gasteiger partial charge in [-0.25, -0.2) is 5.48 Å². The van der Waals surface area contributed by atoms with Crippen LogP contribution in [0.2, 0.25) is 0 Å². The molecule has 0 saturated carbocycles. The van der Waals surface area contributed by atoms with Gasteiger partial charge >= 0.3 is 0 Å². The molecule has 0 aliphatic carbocycles. The third-order valence-electron chi connectivity index (χ3n) is 2.31. The Bertz CT molecular complexity index is 512. The monoisotopic (exact) mass is 235 g/mol. The zero-order valence-corrected chi connectivity index (χ0v) is 8.61. The maximum Gasteiger partial charge on any atom is 0.274 e. The van der Waals surface area contributed by atoms with Gasteiger partial charge in [0.2, 0.25) is 5.91 Å². The van der Waals surface area contributed by atoms with E-state index in [2.05, 4.69) is 10.6 Å². The SMILES string of the molecule is O=C1CNC(=O)c2ccc(C(=O)NO)cc2N1. The van der Waals surface area contributed by atoms with Crippen LogP contribution in [0.4, 0.5) is 5.69 Å². The molecule has 0 saturated heterocycles. The van der Waals surface area contributed by atoms with Crippen molar-refractivity contribution >= 4 is 23.4 Å². The summed E-state index contributed by atoms with van der Waals surface area (Å²) in [5.41, 5.74) is 2.12. The van der Waals surface area contributed by atoms with Crippen molar-refractivity contribution in [2.45, 2.75) is 0 Å². The summed E-state index contributed by atoms with van der Waals surface area (Å²) in [6.45, 7) is -0.116. The lowest BCUT2D eigenvalue weighted by molar-refractivity contribution is -0.115. The minimum absolute atomic E-state index is 0.116. The first-order valence-corrected chi connectivity index (χ1v) is 4.78. The highest BCUT2D eigenvalue weighted by molar-refractivity contribution is 6.09. The average molecular weight is 235 g/mol. The van der Waals surface area contributed by atoms with Crippen LogP contribution in [0, 0.1) is 0 Å². The summed E-state index contributed by atoms with van der Waals surface area (Å²) in [5.74, 6) is -1.49. The van der Waals surface area contributed by atoms with Gasteiger partial charge < -0.3 is 10.6 Å². The van der Waals surface area contributed by atoms with E-state index in [-0.39, 0.29) is 29.3 Å². The molecule has 7 heteroatoms. The molecule has 0 bridgehead atoms. The van der Waals surface area contributed by atoms with Crippen molar-refractivity contribution in [1.29, 1.82) is 0 Å². The molecule has 7 nitrogen and oxygen atoms in total. The number of fused-ring (bicyclic) bond motifs is 1. The largest absolute Gasteiger partial charge is 0.343 e. The van der Waals surface area contributed by atoms with Gasteiger partial charge in [-0.2, -0.15) is 0 Å². The molecule has 17 heavy (non-hydrogen) atoms. The summed E-state index contributed by atoms with van der Waals surface area (Å²) in [5, 5.41) is 13.4. The molecule has 2 rings (SSSR count). The average Bonchev–Trinajstić information content (AvgIpc) is 2.47. The number of nitrogens with one attached hydrogen (secondary N) is 3. The zero-order valence-electron chi connectivity index (χ0n) is 8.61.